The maximum atomic E-state index is 14.5. The number of pyridine rings is 1. The average Bonchev–Trinajstić information content (AvgIpc) is 4.04. The van der Waals surface area contributed by atoms with Gasteiger partial charge in [0.1, 0.15) is 13.1 Å². The number of likely N-dealkylation sites (N-methyl/N-ethyl adjacent to an activating group) is 1. The van der Waals surface area contributed by atoms with Crippen molar-refractivity contribution in [2.24, 2.45) is 0 Å². The highest BCUT2D eigenvalue weighted by molar-refractivity contribution is 7.80. The molecule has 0 spiro atoms. The van der Waals surface area contributed by atoms with E-state index < -0.39 is 42.6 Å². The number of carbonyl (C=O) groups is 7. The van der Waals surface area contributed by atoms with Gasteiger partial charge in [-0.05, 0) is 72.7 Å². The van der Waals surface area contributed by atoms with Gasteiger partial charge in [0.05, 0.1) is 32.7 Å². The van der Waals surface area contributed by atoms with E-state index in [2.05, 4.69) is 38.2 Å². The van der Waals surface area contributed by atoms with Crippen molar-refractivity contribution in [1.29, 1.82) is 0 Å². The molecule has 0 radical (unpaired) electrons. The van der Waals surface area contributed by atoms with E-state index in [0.717, 1.165) is 50.5 Å². The Morgan fingerprint density at radius 3 is 1.63 bits per heavy atom. The number of nitrogens with one attached hydrogen (secondary N) is 4. The van der Waals surface area contributed by atoms with E-state index in [1.807, 2.05) is 111 Å². The number of nitrogens with zero attached hydrogens (tertiary/aromatic N) is 7. The largest absolute Gasteiger partial charge is 0.361 e. The lowest BCUT2D eigenvalue weighted by molar-refractivity contribution is -0.147. The van der Waals surface area contributed by atoms with E-state index in [1.165, 1.54) is 36.4 Å². The van der Waals surface area contributed by atoms with Gasteiger partial charge in [0, 0.05) is 98.7 Å². The summed E-state index contributed by atoms with van der Waals surface area (Å²) in [6, 6.07) is 28.4. The zero-order chi connectivity index (χ0) is 53.5. The average molecular weight is 1040 g/mol. The minimum Gasteiger partial charge on any atom is -0.361 e. The van der Waals surface area contributed by atoms with Gasteiger partial charge in [0.15, 0.2) is 0 Å². The monoisotopic (exact) mass is 1040 g/mol. The summed E-state index contributed by atoms with van der Waals surface area (Å²) in [7, 11) is 1.47. The van der Waals surface area contributed by atoms with Crippen LogP contribution in [0.2, 0.25) is 0 Å². The molecule has 0 saturated heterocycles. The van der Waals surface area contributed by atoms with Crippen LogP contribution in [-0.4, -0.2) is 177 Å². The number of thiol groups is 1. The smallest absolute Gasteiger partial charge is 0.242 e. The van der Waals surface area contributed by atoms with Crippen LogP contribution < -0.4 is 10.6 Å². The van der Waals surface area contributed by atoms with E-state index in [9.17, 15) is 33.6 Å². The van der Waals surface area contributed by atoms with E-state index in [0.29, 0.717) is 38.1 Å². The lowest BCUT2D eigenvalue weighted by Crippen LogP contribution is -2.51. The third-order valence-electron chi connectivity index (χ3n) is 12.8. The number of rotatable bonds is 30. The van der Waals surface area contributed by atoms with Gasteiger partial charge in [0.25, 0.3) is 0 Å². The van der Waals surface area contributed by atoms with E-state index in [1.54, 1.807) is 18.5 Å². The van der Waals surface area contributed by atoms with Crippen molar-refractivity contribution in [2.45, 2.75) is 52.6 Å². The standard InChI is InChI=1S/C56H71N11O7S/c1-4-23-57-33-51(69)66(35-43-16-13-24-58-30-43)41-56(74)67(34-42-14-7-6-8-15-42)38-52(70)62(3)37-53(71)65(28-22-45-32-61-49-20-12-10-18-47(45)49)40-54(72)63(26-5-2)39-55(73)64(36-50(68)59-25-29-75)27-21-44-31-60-48-19-11-9-17-46(44)48/h6-20,24,30-32,57,60-61,75H,4-5,21-23,25-29,33-41H2,1-3H3,(H,59,68). The fourth-order valence-electron chi connectivity index (χ4n) is 8.69. The van der Waals surface area contributed by atoms with Crippen molar-refractivity contribution in [3.8, 4) is 0 Å². The molecule has 0 bridgehead atoms. The zero-order valence-corrected chi connectivity index (χ0v) is 44.2. The number of hydrogen-bond donors (Lipinski definition) is 5. The molecule has 18 nitrogen and oxygen atoms in total. The van der Waals surface area contributed by atoms with Crippen molar-refractivity contribution in [2.75, 3.05) is 91.3 Å². The van der Waals surface area contributed by atoms with Crippen LogP contribution in [0.4, 0.5) is 0 Å². The summed E-state index contributed by atoms with van der Waals surface area (Å²) >= 11 is 4.21. The molecule has 4 N–H and O–H groups in total. The van der Waals surface area contributed by atoms with Gasteiger partial charge in [-0.1, -0.05) is 86.6 Å². The summed E-state index contributed by atoms with van der Waals surface area (Å²) in [6.07, 6.45) is 9.20. The second-order valence-corrected chi connectivity index (χ2v) is 19.0. The predicted molar refractivity (Wildman–Crippen MR) is 293 cm³/mol. The van der Waals surface area contributed by atoms with Gasteiger partial charge in [-0.15, -0.1) is 0 Å². The highest BCUT2D eigenvalue weighted by atomic mass is 32.1. The van der Waals surface area contributed by atoms with Crippen molar-refractivity contribution >= 4 is 75.8 Å². The highest BCUT2D eigenvalue weighted by Gasteiger charge is 2.29. The van der Waals surface area contributed by atoms with Crippen LogP contribution in [0, 0.1) is 0 Å². The Balaban J connectivity index is 1.18. The van der Waals surface area contributed by atoms with Crippen molar-refractivity contribution in [3.63, 3.8) is 0 Å². The number of fused-ring (bicyclic) bond motifs is 2. The number of benzene rings is 3. The SMILES string of the molecule is CCCNCC(=O)N(CC(=O)N(CC(=O)N(C)CC(=O)N(CCc1c[nH]c2ccccc12)CC(=O)N(CCC)CC(=O)N(CCc1c[nH]c2ccccc12)CC(=O)NCCS)Cc1ccccc1)Cc1cccnc1. The van der Waals surface area contributed by atoms with Gasteiger partial charge in [-0.3, -0.25) is 38.5 Å². The molecule has 3 heterocycles. The van der Waals surface area contributed by atoms with Gasteiger partial charge in [0.2, 0.25) is 41.4 Å². The molecule has 398 valence electrons. The maximum absolute atomic E-state index is 14.5. The van der Waals surface area contributed by atoms with Gasteiger partial charge in [-0.2, -0.15) is 12.6 Å². The van der Waals surface area contributed by atoms with Gasteiger partial charge in [-0.25, -0.2) is 0 Å². The molecule has 3 aromatic carbocycles. The summed E-state index contributed by atoms with van der Waals surface area (Å²) in [5.74, 6) is -2.63. The Morgan fingerprint density at radius 1 is 0.533 bits per heavy atom. The molecular formula is C56H71N11O7S. The van der Waals surface area contributed by atoms with Crippen LogP contribution >= 0.6 is 12.6 Å². The first-order valence-corrected chi connectivity index (χ1v) is 26.2. The minimum atomic E-state index is -0.533. The molecule has 6 rings (SSSR count). The normalized spacial score (nSPS) is 11.0. The predicted octanol–water partition coefficient (Wildman–Crippen LogP) is 4.29. The fraction of sp³-hybridized carbons (Fsp3) is 0.393. The van der Waals surface area contributed by atoms with E-state index in [-0.39, 0.29) is 77.3 Å². The molecule has 19 heteroatoms. The molecule has 0 fully saturated rings. The minimum absolute atomic E-state index is 0.0241. The summed E-state index contributed by atoms with van der Waals surface area (Å²) in [5, 5.41) is 7.88. The van der Waals surface area contributed by atoms with Gasteiger partial charge >= 0.3 is 0 Å². The van der Waals surface area contributed by atoms with Crippen molar-refractivity contribution in [3.05, 3.63) is 138 Å². The Labute approximate surface area is 444 Å². The van der Waals surface area contributed by atoms with Crippen LogP contribution in [0.15, 0.2) is 116 Å². The Hall–Kier alpha value is -7.51. The first kappa shape index (κ1) is 56.8. The second-order valence-electron chi connectivity index (χ2n) is 18.5. The molecule has 0 atom stereocenters. The number of carbonyl (C=O) groups excluding carboxylic acids is 7. The Bertz CT molecular complexity index is 2820. The van der Waals surface area contributed by atoms with Crippen LogP contribution in [0.3, 0.4) is 0 Å². The molecule has 0 unspecified atom stereocenters. The molecular weight excluding hydrogens is 971 g/mol. The topological polar surface area (TPSA) is 207 Å². The molecule has 0 saturated carbocycles. The quantitative estimate of drug-likeness (QED) is 0.0322. The molecule has 75 heavy (non-hydrogen) atoms. The van der Waals surface area contributed by atoms with E-state index in [4.69, 9.17) is 0 Å². The maximum Gasteiger partial charge on any atom is 0.242 e. The number of aromatic nitrogens is 3. The number of hydrogen-bond acceptors (Lipinski definition) is 10. The molecule has 0 aliphatic heterocycles. The summed E-state index contributed by atoms with van der Waals surface area (Å²) in [5.41, 5.74) is 5.28. The van der Waals surface area contributed by atoms with Gasteiger partial charge < -0.3 is 50.0 Å². The van der Waals surface area contributed by atoms with Crippen LogP contribution in [0.1, 0.15) is 48.9 Å². The van der Waals surface area contributed by atoms with E-state index >= 15 is 0 Å². The molecule has 7 amide bonds. The van der Waals surface area contributed by atoms with Crippen LogP contribution in [-0.2, 0) is 59.5 Å². The summed E-state index contributed by atoms with van der Waals surface area (Å²) in [4.78, 5) is 117. The van der Waals surface area contributed by atoms with Crippen LogP contribution in [0.5, 0.6) is 0 Å². The Morgan fingerprint density at radius 2 is 1.04 bits per heavy atom. The highest BCUT2D eigenvalue weighted by Crippen LogP contribution is 2.20. The van der Waals surface area contributed by atoms with Crippen molar-refractivity contribution < 1.29 is 33.6 Å². The number of H-pyrrole nitrogens is 2. The lowest BCUT2D eigenvalue weighted by Gasteiger charge is -2.31. The number of aromatic amines is 2. The first-order chi connectivity index (χ1) is 36.4. The molecule has 3 aromatic heterocycles. The third-order valence-corrected chi connectivity index (χ3v) is 13.0. The third kappa shape index (κ3) is 17.3. The fourth-order valence-corrected chi connectivity index (χ4v) is 8.80. The zero-order valence-electron chi connectivity index (χ0n) is 43.3. The second kappa shape index (κ2) is 29.4. The van der Waals surface area contributed by atoms with Crippen molar-refractivity contribution in [1.82, 2.24) is 55.0 Å². The molecule has 0 aliphatic rings. The molecule has 0 aliphatic carbocycles. The summed E-state index contributed by atoms with van der Waals surface area (Å²) in [6.45, 7) is 3.52. The molecule has 6 aromatic rings. The Kier molecular flexibility index (Phi) is 22.3. The first-order valence-electron chi connectivity index (χ1n) is 25.6. The van der Waals surface area contributed by atoms with Crippen LogP contribution in [0.25, 0.3) is 21.8 Å². The summed E-state index contributed by atoms with van der Waals surface area (Å²) < 4.78 is 0. The number of para-hydroxylation sites is 2. The lowest BCUT2D eigenvalue weighted by atomic mass is 10.1. The number of amides is 7.